The first kappa shape index (κ1) is 23.0. The van der Waals surface area contributed by atoms with Crippen LogP contribution in [0.4, 0.5) is 4.39 Å². The van der Waals surface area contributed by atoms with E-state index in [-0.39, 0.29) is 5.92 Å². The van der Waals surface area contributed by atoms with Crippen LogP contribution in [-0.2, 0) is 14.1 Å². The molecule has 1 aliphatic carbocycles. The SMILES string of the molecule is C#COC(=O)CC(O)C(c1c(-c2ccc(F)cc2)cc(C2CC2)nc1C(C)C)[P+](=O)O. The van der Waals surface area contributed by atoms with Crippen LogP contribution in [0.5, 0.6) is 0 Å². The highest BCUT2D eigenvalue weighted by Gasteiger charge is 2.44. The second kappa shape index (κ2) is 9.65. The summed E-state index contributed by atoms with van der Waals surface area (Å²) in [6, 6.07) is 7.61. The first-order chi connectivity index (χ1) is 14.7. The van der Waals surface area contributed by atoms with Crippen molar-refractivity contribution in [3.05, 3.63) is 53.1 Å². The first-order valence-electron chi connectivity index (χ1n) is 10.0. The fourth-order valence-corrected chi connectivity index (χ4v) is 4.53. The van der Waals surface area contributed by atoms with Crippen molar-refractivity contribution in [2.45, 2.75) is 56.7 Å². The van der Waals surface area contributed by atoms with Crippen molar-refractivity contribution in [1.29, 1.82) is 0 Å². The normalized spacial score (nSPS) is 15.8. The van der Waals surface area contributed by atoms with Crippen molar-refractivity contribution in [2.24, 2.45) is 0 Å². The molecule has 8 heteroatoms. The number of hydrogen-bond donors (Lipinski definition) is 2. The van der Waals surface area contributed by atoms with Gasteiger partial charge in [-0.05, 0) is 52.7 Å². The van der Waals surface area contributed by atoms with Crippen molar-refractivity contribution < 1.29 is 28.5 Å². The molecule has 1 aromatic carbocycles. The number of ether oxygens (including phenoxy) is 1. The summed E-state index contributed by atoms with van der Waals surface area (Å²) in [6.45, 7) is 3.80. The molecule has 1 fully saturated rings. The van der Waals surface area contributed by atoms with Crippen LogP contribution in [0.15, 0.2) is 30.3 Å². The Hall–Kier alpha value is -2.65. The molecule has 1 heterocycles. The van der Waals surface area contributed by atoms with Crippen molar-refractivity contribution in [3.63, 3.8) is 0 Å². The van der Waals surface area contributed by atoms with Gasteiger partial charge >= 0.3 is 14.0 Å². The largest absolute Gasteiger partial charge is 0.516 e. The zero-order valence-corrected chi connectivity index (χ0v) is 18.2. The summed E-state index contributed by atoms with van der Waals surface area (Å²) in [5.74, 6) is -1.11. The van der Waals surface area contributed by atoms with Gasteiger partial charge < -0.3 is 9.84 Å². The Morgan fingerprint density at radius 3 is 2.52 bits per heavy atom. The zero-order chi connectivity index (χ0) is 22.7. The number of carbonyl (C=O) groups excluding carboxylic acids is 1. The maximum Gasteiger partial charge on any atom is 0.516 e. The lowest BCUT2D eigenvalue weighted by Crippen LogP contribution is -2.23. The molecule has 0 radical (unpaired) electrons. The van der Waals surface area contributed by atoms with E-state index in [1.807, 2.05) is 19.9 Å². The molecule has 3 unspecified atom stereocenters. The van der Waals surface area contributed by atoms with E-state index >= 15 is 0 Å². The van der Waals surface area contributed by atoms with E-state index in [9.17, 15) is 23.7 Å². The molecule has 1 aliphatic rings. The summed E-state index contributed by atoms with van der Waals surface area (Å²) >= 11 is 0. The zero-order valence-electron chi connectivity index (χ0n) is 17.3. The molecule has 2 aromatic rings. The molecule has 31 heavy (non-hydrogen) atoms. The molecule has 0 saturated heterocycles. The van der Waals surface area contributed by atoms with Crippen molar-refractivity contribution in [2.75, 3.05) is 0 Å². The number of esters is 1. The minimum absolute atomic E-state index is 0.129. The number of aliphatic hydroxyl groups is 1. The van der Waals surface area contributed by atoms with E-state index in [1.54, 1.807) is 18.2 Å². The quantitative estimate of drug-likeness (QED) is 0.352. The molecular formula is C23H24FNO5P+. The molecule has 0 spiro atoms. The van der Waals surface area contributed by atoms with E-state index in [1.165, 1.54) is 12.1 Å². The van der Waals surface area contributed by atoms with E-state index in [0.717, 1.165) is 18.5 Å². The topological polar surface area (TPSA) is 96.7 Å². The van der Waals surface area contributed by atoms with Gasteiger partial charge in [0.25, 0.3) is 0 Å². The van der Waals surface area contributed by atoms with Gasteiger partial charge in [-0.1, -0.05) is 32.4 Å². The molecule has 3 rings (SSSR count). The standard InChI is InChI=1S/C23H23FNO5P/c1-4-30-20(27)12-19(26)23(31(28)29)21-17(14-7-9-16(24)10-8-14)11-18(15-5-6-15)25-22(21)13(2)3/h1,7-11,13,15,19,23,26H,5-6,12H2,2-3H3/p+1. The number of carbonyl (C=O) groups is 1. The Morgan fingerprint density at radius 2 is 2.00 bits per heavy atom. The summed E-state index contributed by atoms with van der Waals surface area (Å²) in [5.41, 5.74) is 1.71. The van der Waals surface area contributed by atoms with E-state index in [2.05, 4.69) is 4.74 Å². The summed E-state index contributed by atoms with van der Waals surface area (Å²) in [5, 5.41) is 10.7. The van der Waals surface area contributed by atoms with E-state index in [4.69, 9.17) is 11.4 Å². The molecule has 0 amide bonds. The van der Waals surface area contributed by atoms with Crippen LogP contribution in [0, 0.1) is 18.3 Å². The average molecular weight is 444 g/mol. The second-order valence-corrected chi connectivity index (χ2v) is 9.10. The smallest absolute Gasteiger partial charge is 0.387 e. The van der Waals surface area contributed by atoms with Crippen LogP contribution < -0.4 is 0 Å². The minimum Gasteiger partial charge on any atom is -0.387 e. The summed E-state index contributed by atoms with van der Waals surface area (Å²) in [4.78, 5) is 26.7. The highest BCUT2D eigenvalue weighted by molar-refractivity contribution is 7.38. The van der Waals surface area contributed by atoms with Gasteiger partial charge in [0.15, 0.2) is 0 Å². The number of benzene rings is 1. The van der Waals surface area contributed by atoms with Gasteiger partial charge in [-0.15, -0.1) is 0 Å². The maximum atomic E-state index is 13.6. The molecule has 0 bridgehead atoms. The molecule has 3 atom stereocenters. The fraction of sp³-hybridized carbons (Fsp3) is 0.391. The van der Waals surface area contributed by atoms with E-state index in [0.29, 0.717) is 28.3 Å². The van der Waals surface area contributed by atoms with Crippen molar-refractivity contribution in [1.82, 2.24) is 4.98 Å². The van der Waals surface area contributed by atoms with Crippen LogP contribution in [0.25, 0.3) is 11.1 Å². The monoisotopic (exact) mass is 444 g/mol. The molecule has 162 valence electrons. The lowest BCUT2D eigenvalue weighted by Gasteiger charge is -2.22. The third-order valence-corrected chi connectivity index (χ3v) is 6.33. The van der Waals surface area contributed by atoms with Gasteiger partial charge in [0, 0.05) is 17.2 Å². The van der Waals surface area contributed by atoms with Crippen molar-refractivity contribution in [3.8, 4) is 23.7 Å². The lowest BCUT2D eigenvalue weighted by molar-refractivity contribution is -0.139. The number of hydrogen-bond acceptors (Lipinski definition) is 5. The van der Waals surface area contributed by atoms with E-state index < -0.39 is 38.0 Å². The predicted molar refractivity (Wildman–Crippen MR) is 114 cm³/mol. The Kier molecular flexibility index (Phi) is 7.17. The lowest BCUT2D eigenvalue weighted by atomic mass is 9.89. The maximum absolute atomic E-state index is 13.6. The summed E-state index contributed by atoms with van der Waals surface area (Å²) in [7, 11) is -2.96. The Morgan fingerprint density at radius 1 is 1.35 bits per heavy atom. The number of terminal acetylenes is 1. The number of aromatic nitrogens is 1. The van der Waals surface area contributed by atoms with Crippen LogP contribution in [0.3, 0.4) is 0 Å². The Balaban J connectivity index is 2.21. The Bertz CT molecular complexity index is 1030. The number of halogens is 1. The average Bonchev–Trinajstić information content (AvgIpc) is 3.53. The molecule has 1 aromatic heterocycles. The van der Waals surface area contributed by atoms with Crippen molar-refractivity contribution >= 4 is 14.0 Å². The summed E-state index contributed by atoms with van der Waals surface area (Å²) in [6.07, 6.45) is 6.62. The van der Waals surface area contributed by atoms with Crippen LogP contribution in [0.1, 0.15) is 67.6 Å². The van der Waals surface area contributed by atoms with Gasteiger partial charge in [-0.25, -0.2) is 4.39 Å². The molecule has 0 aliphatic heterocycles. The molecule has 1 saturated carbocycles. The molecule has 2 N–H and O–H groups in total. The second-order valence-electron chi connectivity index (χ2n) is 7.94. The van der Waals surface area contributed by atoms with Crippen LogP contribution >= 0.6 is 8.03 Å². The molecular weight excluding hydrogens is 420 g/mol. The van der Waals surface area contributed by atoms with Gasteiger partial charge in [-0.3, -0.25) is 9.78 Å². The predicted octanol–water partition coefficient (Wildman–Crippen LogP) is 4.55. The third-order valence-electron chi connectivity index (χ3n) is 5.25. The van der Waals surface area contributed by atoms with Crippen LogP contribution in [-0.4, -0.2) is 27.1 Å². The number of pyridine rings is 1. The fourth-order valence-electron chi connectivity index (χ4n) is 3.64. The highest BCUT2D eigenvalue weighted by atomic mass is 31.1. The van der Waals surface area contributed by atoms with Gasteiger partial charge in [0.2, 0.25) is 5.66 Å². The molecule has 6 nitrogen and oxygen atoms in total. The highest BCUT2D eigenvalue weighted by Crippen LogP contribution is 2.49. The van der Waals surface area contributed by atoms with Gasteiger partial charge in [0.1, 0.15) is 18.0 Å². The number of aliphatic hydroxyl groups excluding tert-OH is 1. The third kappa shape index (κ3) is 5.34. The number of rotatable bonds is 8. The number of nitrogens with zero attached hydrogens (tertiary/aromatic N) is 1. The Labute approximate surface area is 181 Å². The van der Waals surface area contributed by atoms with Crippen LogP contribution in [0.2, 0.25) is 0 Å². The van der Waals surface area contributed by atoms with Gasteiger partial charge in [0.05, 0.1) is 12.1 Å². The first-order valence-corrected chi connectivity index (χ1v) is 11.3. The minimum atomic E-state index is -2.96. The van der Waals surface area contributed by atoms with Gasteiger partial charge in [-0.2, -0.15) is 4.89 Å². The summed E-state index contributed by atoms with van der Waals surface area (Å²) < 4.78 is 30.4.